The summed E-state index contributed by atoms with van der Waals surface area (Å²) in [5, 5.41) is 9.58. The van der Waals surface area contributed by atoms with E-state index in [9.17, 15) is 13.9 Å². The van der Waals surface area contributed by atoms with Gasteiger partial charge < -0.3 is 9.84 Å². The highest BCUT2D eigenvalue weighted by Gasteiger charge is 2.24. The van der Waals surface area contributed by atoms with Crippen LogP contribution in [0.4, 0.5) is 8.78 Å². The number of ether oxygens (including phenoxy) is 1. The van der Waals surface area contributed by atoms with Crippen LogP contribution >= 0.6 is 0 Å². The minimum absolute atomic E-state index is 0.00132. The van der Waals surface area contributed by atoms with Gasteiger partial charge in [-0.2, -0.15) is 0 Å². The minimum atomic E-state index is -1.15. The standard InChI is InChI=1S/C16H30F2O2/c1-6-7-16(19)20-13(5)8-12(4)14(10-17)9-15(18)11(2)3/h12-16,19H,2,6-10H2,1,3-5H3/t12-,13-,14+,15-,16?/m0/s1. The second-order valence-corrected chi connectivity index (χ2v) is 5.87. The van der Waals surface area contributed by atoms with E-state index in [1.165, 1.54) is 0 Å². The molecule has 1 N–H and O–H groups in total. The Morgan fingerprint density at radius 2 is 1.90 bits per heavy atom. The van der Waals surface area contributed by atoms with Gasteiger partial charge in [-0.25, -0.2) is 4.39 Å². The maximum atomic E-state index is 13.6. The zero-order chi connectivity index (χ0) is 15.7. The van der Waals surface area contributed by atoms with Gasteiger partial charge in [0.15, 0.2) is 6.29 Å². The van der Waals surface area contributed by atoms with E-state index in [1.807, 2.05) is 20.8 Å². The van der Waals surface area contributed by atoms with Gasteiger partial charge in [0, 0.05) is 0 Å². The molecule has 0 aliphatic rings. The molecule has 0 fully saturated rings. The molecular formula is C16H30F2O2. The first-order valence-electron chi connectivity index (χ1n) is 7.50. The Kier molecular flexibility index (Phi) is 10.0. The molecule has 0 aliphatic carbocycles. The van der Waals surface area contributed by atoms with Gasteiger partial charge in [0.1, 0.15) is 6.17 Å². The van der Waals surface area contributed by atoms with E-state index in [0.29, 0.717) is 18.4 Å². The fraction of sp³-hybridized carbons (Fsp3) is 0.875. The molecule has 0 saturated carbocycles. The Morgan fingerprint density at radius 3 is 2.35 bits per heavy atom. The molecule has 0 bridgehead atoms. The molecule has 0 heterocycles. The maximum absolute atomic E-state index is 13.6. The molecule has 0 aromatic heterocycles. The Bertz CT molecular complexity index is 271. The highest BCUT2D eigenvalue weighted by Crippen LogP contribution is 2.27. The van der Waals surface area contributed by atoms with Crippen molar-refractivity contribution in [2.45, 2.75) is 71.9 Å². The van der Waals surface area contributed by atoms with Gasteiger partial charge in [-0.3, -0.25) is 4.39 Å². The maximum Gasteiger partial charge on any atom is 0.154 e. The van der Waals surface area contributed by atoms with Gasteiger partial charge in [-0.05, 0) is 50.5 Å². The van der Waals surface area contributed by atoms with Crippen LogP contribution in [0.1, 0.15) is 53.4 Å². The van der Waals surface area contributed by atoms with Gasteiger partial charge in [-0.15, -0.1) is 0 Å². The third-order valence-corrected chi connectivity index (χ3v) is 3.68. The molecule has 5 atom stereocenters. The molecule has 0 aromatic carbocycles. The van der Waals surface area contributed by atoms with Crippen molar-refractivity contribution in [2.24, 2.45) is 11.8 Å². The summed E-state index contributed by atoms with van der Waals surface area (Å²) in [6, 6.07) is 0. The SMILES string of the molecule is C=C(C)[C@@H](F)C[C@H](CF)[C@@H](C)C[C@H](C)OC(O)CCC. The van der Waals surface area contributed by atoms with Crippen molar-refractivity contribution < 1.29 is 18.6 Å². The number of hydrogen-bond donors (Lipinski definition) is 1. The quantitative estimate of drug-likeness (QED) is 0.451. The van der Waals surface area contributed by atoms with Gasteiger partial charge in [0.2, 0.25) is 0 Å². The van der Waals surface area contributed by atoms with E-state index < -0.39 is 19.1 Å². The van der Waals surface area contributed by atoms with Crippen molar-refractivity contribution in [1.82, 2.24) is 0 Å². The fourth-order valence-electron chi connectivity index (χ4n) is 2.27. The summed E-state index contributed by atoms with van der Waals surface area (Å²) >= 11 is 0. The fourth-order valence-corrected chi connectivity index (χ4v) is 2.27. The summed E-state index contributed by atoms with van der Waals surface area (Å²) in [7, 11) is 0. The summed E-state index contributed by atoms with van der Waals surface area (Å²) in [4.78, 5) is 0. The minimum Gasteiger partial charge on any atom is -0.368 e. The van der Waals surface area contributed by atoms with Gasteiger partial charge >= 0.3 is 0 Å². The summed E-state index contributed by atoms with van der Waals surface area (Å²) in [5.41, 5.74) is 0.443. The van der Waals surface area contributed by atoms with Gasteiger partial charge in [0.25, 0.3) is 0 Å². The molecule has 0 rings (SSSR count). The van der Waals surface area contributed by atoms with Crippen molar-refractivity contribution >= 4 is 0 Å². The van der Waals surface area contributed by atoms with Crippen LogP contribution in [0.25, 0.3) is 0 Å². The second-order valence-electron chi connectivity index (χ2n) is 5.87. The zero-order valence-corrected chi connectivity index (χ0v) is 13.2. The highest BCUT2D eigenvalue weighted by atomic mass is 19.1. The van der Waals surface area contributed by atoms with Crippen LogP contribution in [-0.4, -0.2) is 30.3 Å². The molecular weight excluding hydrogens is 262 g/mol. The van der Waals surface area contributed by atoms with E-state index in [2.05, 4.69) is 6.58 Å². The molecule has 0 radical (unpaired) electrons. The smallest absolute Gasteiger partial charge is 0.154 e. The van der Waals surface area contributed by atoms with Crippen molar-refractivity contribution in [1.29, 1.82) is 0 Å². The number of alkyl halides is 2. The lowest BCUT2D eigenvalue weighted by Gasteiger charge is -2.26. The Balaban J connectivity index is 4.26. The first kappa shape index (κ1) is 19.5. The molecule has 120 valence electrons. The Labute approximate surface area is 122 Å². The van der Waals surface area contributed by atoms with Crippen molar-refractivity contribution in [2.75, 3.05) is 6.67 Å². The molecule has 0 amide bonds. The summed E-state index contributed by atoms with van der Waals surface area (Å²) < 4.78 is 32.1. The van der Waals surface area contributed by atoms with Crippen LogP contribution in [0.3, 0.4) is 0 Å². The lowest BCUT2D eigenvalue weighted by Crippen LogP contribution is -2.26. The Morgan fingerprint density at radius 1 is 1.30 bits per heavy atom. The van der Waals surface area contributed by atoms with Crippen LogP contribution in [0, 0.1) is 11.8 Å². The molecule has 2 nitrogen and oxygen atoms in total. The molecule has 0 spiro atoms. The number of halogens is 2. The molecule has 0 saturated heterocycles. The first-order chi connectivity index (χ1) is 9.31. The zero-order valence-electron chi connectivity index (χ0n) is 13.2. The summed E-state index contributed by atoms with van der Waals surface area (Å²) in [6.45, 7) is 10.4. The Hall–Kier alpha value is -0.480. The number of aliphatic hydroxyl groups excluding tert-OH is 1. The molecule has 4 heteroatoms. The normalized spacial score (nSPS) is 19.1. The van der Waals surface area contributed by atoms with Crippen LogP contribution in [0.2, 0.25) is 0 Å². The van der Waals surface area contributed by atoms with E-state index in [4.69, 9.17) is 4.74 Å². The predicted octanol–water partition coefficient (Wildman–Crippen LogP) is 4.43. The predicted molar refractivity (Wildman–Crippen MR) is 79.0 cm³/mol. The van der Waals surface area contributed by atoms with Crippen molar-refractivity contribution in [3.8, 4) is 0 Å². The highest BCUT2D eigenvalue weighted by molar-refractivity contribution is 4.98. The molecule has 20 heavy (non-hydrogen) atoms. The lowest BCUT2D eigenvalue weighted by molar-refractivity contribution is -0.139. The lowest BCUT2D eigenvalue weighted by atomic mass is 9.85. The summed E-state index contributed by atoms with van der Waals surface area (Å²) in [5.74, 6) is -0.336. The second kappa shape index (κ2) is 10.3. The molecule has 1 unspecified atom stereocenters. The van der Waals surface area contributed by atoms with Crippen LogP contribution in [0.15, 0.2) is 12.2 Å². The largest absolute Gasteiger partial charge is 0.368 e. The number of aliphatic hydroxyl groups is 1. The number of allylic oxidation sites excluding steroid dienone is 1. The molecule has 0 aliphatic heterocycles. The van der Waals surface area contributed by atoms with E-state index >= 15 is 0 Å². The third-order valence-electron chi connectivity index (χ3n) is 3.68. The van der Waals surface area contributed by atoms with Crippen molar-refractivity contribution in [3.05, 3.63) is 12.2 Å². The topological polar surface area (TPSA) is 29.5 Å². The van der Waals surface area contributed by atoms with Crippen LogP contribution in [0.5, 0.6) is 0 Å². The number of hydrogen-bond acceptors (Lipinski definition) is 2. The van der Waals surface area contributed by atoms with E-state index in [0.717, 1.165) is 6.42 Å². The van der Waals surface area contributed by atoms with Crippen molar-refractivity contribution in [3.63, 3.8) is 0 Å². The third kappa shape index (κ3) is 7.95. The average molecular weight is 292 g/mol. The van der Waals surface area contributed by atoms with Gasteiger partial charge in [-0.1, -0.05) is 26.8 Å². The number of rotatable bonds is 11. The van der Waals surface area contributed by atoms with E-state index in [1.54, 1.807) is 6.92 Å². The average Bonchev–Trinajstić information content (AvgIpc) is 2.34. The first-order valence-corrected chi connectivity index (χ1v) is 7.50. The molecule has 0 aromatic rings. The van der Waals surface area contributed by atoms with Crippen LogP contribution < -0.4 is 0 Å². The van der Waals surface area contributed by atoms with Gasteiger partial charge in [0.05, 0.1) is 12.8 Å². The summed E-state index contributed by atoms with van der Waals surface area (Å²) in [6.07, 6.45) is 0.126. The van der Waals surface area contributed by atoms with Crippen LogP contribution in [-0.2, 0) is 4.74 Å². The van der Waals surface area contributed by atoms with E-state index in [-0.39, 0.29) is 24.4 Å². The monoisotopic (exact) mass is 292 g/mol.